The van der Waals surface area contributed by atoms with Gasteiger partial charge in [0.15, 0.2) is 0 Å². The first-order chi connectivity index (χ1) is 9.24. The molecule has 0 aliphatic carbocycles. The van der Waals surface area contributed by atoms with Gasteiger partial charge in [-0.05, 0) is 12.5 Å². The molecule has 4 nitrogen and oxygen atoms in total. The van der Waals surface area contributed by atoms with E-state index in [1.54, 1.807) is 18.3 Å². The normalized spacial score (nSPS) is 10.4. The van der Waals surface area contributed by atoms with E-state index in [1.807, 2.05) is 0 Å². The molecule has 0 aliphatic heterocycles. The fourth-order valence-corrected chi connectivity index (χ4v) is 1.88. The fourth-order valence-electron chi connectivity index (χ4n) is 1.88. The van der Waals surface area contributed by atoms with E-state index in [0.717, 1.165) is 6.42 Å². The number of hydrogen-bond donors (Lipinski definition) is 1. The van der Waals surface area contributed by atoms with Gasteiger partial charge in [-0.3, -0.25) is 4.79 Å². The number of rotatable bonds is 10. The van der Waals surface area contributed by atoms with Crippen molar-refractivity contribution in [2.75, 3.05) is 6.61 Å². The first kappa shape index (κ1) is 15.5. The van der Waals surface area contributed by atoms with Crippen LogP contribution in [0.5, 0.6) is 5.88 Å². The first-order valence-electron chi connectivity index (χ1n) is 7.12. The van der Waals surface area contributed by atoms with Crippen LogP contribution in [0, 0.1) is 0 Å². The lowest BCUT2D eigenvalue weighted by atomic mass is 10.1. The molecule has 0 unspecified atom stereocenters. The second kappa shape index (κ2) is 9.36. The minimum Gasteiger partial charge on any atom is -0.478 e. The van der Waals surface area contributed by atoms with Crippen molar-refractivity contribution in [1.82, 2.24) is 4.98 Å². The van der Waals surface area contributed by atoms with Crippen LogP contribution in [0.15, 0.2) is 18.3 Å². The number of primary amides is 1. The van der Waals surface area contributed by atoms with Crippen LogP contribution in [-0.4, -0.2) is 17.5 Å². The van der Waals surface area contributed by atoms with Gasteiger partial charge in [-0.1, -0.05) is 45.4 Å². The van der Waals surface area contributed by atoms with Crippen LogP contribution < -0.4 is 10.5 Å². The minimum absolute atomic E-state index is 0.435. The summed E-state index contributed by atoms with van der Waals surface area (Å²) in [4.78, 5) is 15.0. The molecule has 19 heavy (non-hydrogen) atoms. The molecule has 0 atom stereocenters. The molecule has 4 heteroatoms. The van der Waals surface area contributed by atoms with E-state index in [0.29, 0.717) is 18.1 Å². The van der Waals surface area contributed by atoms with Crippen molar-refractivity contribution in [3.05, 3.63) is 23.9 Å². The molecule has 1 rings (SSSR count). The monoisotopic (exact) mass is 264 g/mol. The minimum atomic E-state index is -0.455. The summed E-state index contributed by atoms with van der Waals surface area (Å²) in [6, 6.07) is 3.17. The van der Waals surface area contributed by atoms with Crippen molar-refractivity contribution in [3.8, 4) is 5.88 Å². The van der Waals surface area contributed by atoms with Crippen molar-refractivity contribution in [2.45, 2.75) is 51.9 Å². The smallest absolute Gasteiger partial charge is 0.248 e. The number of nitrogens with zero attached hydrogens (tertiary/aromatic N) is 1. The van der Waals surface area contributed by atoms with Crippen LogP contribution in [0.2, 0.25) is 0 Å². The number of aromatic nitrogens is 1. The van der Waals surface area contributed by atoms with E-state index in [9.17, 15) is 4.79 Å². The number of unbranched alkanes of at least 4 members (excludes halogenated alkanes) is 6. The maximum Gasteiger partial charge on any atom is 0.248 e. The molecule has 0 fully saturated rings. The van der Waals surface area contributed by atoms with Crippen molar-refractivity contribution < 1.29 is 9.53 Å². The lowest BCUT2D eigenvalue weighted by Crippen LogP contribution is -2.11. The van der Waals surface area contributed by atoms with Crippen molar-refractivity contribution >= 4 is 5.91 Å². The van der Waals surface area contributed by atoms with Gasteiger partial charge in [-0.15, -0.1) is 0 Å². The third-order valence-electron chi connectivity index (χ3n) is 3.02. The third-order valence-corrected chi connectivity index (χ3v) is 3.02. The van der Waals surface area contributed by atoms with Gasteiger partial charge in [0.2, 0.25) is 11.8 Å². The van der Waals surface area contributed by atoms with Gasteiger partial charge in [0.05, 0.1) is 6.61 Å². The fraction of sp³-hybridized carbons (Fsp3) is 0.600. The standard InChI is InChI=1S/C15H24N2O2/c1-2-3-4-5-6-7-8-11-19-14-12-13(15(16)18)9-10-17-14/h9-10,12H,2-8,11H2,1H3,(H2,16,18). The third kappa shape index (κ3) is 6.79. The summed E-state index contributed by atoms with van der Waals surface area (Å²) in [5, 5.41) is 0. The number of pyridine rings is 1. The molecule has 1 aromatic rings. The average Bonchev–Trinajstić information content (AvgIpc) is 2.42. The lowest BCUT2D eigenvalue weighted by Gasteiger charge is -2.06. The Labute approximate surface area is 115 Å². The quantitative estimate of drug-likeness (QED) is 0.659. The van der Waals surface area contributed by atoms with Crippen molar-refractivity contribution in [3.63, 3.8) is 0 Å². The molecule has 106 valence electrons. The summed E-state index contributed by atoms with van der Waals surface area (Å²) in [5.41, 5.74) is 5.63. The molecule has 0 spiro atoms. The van der Waals surface area contributed by atoms with Gasteiger partial charge < -0.3 is 10.5 Å². The Hall–Kier alpha value is -1.58. The van der Waals surface area contributed by atoms with Crippen molar-refractivity contribution in [2.24, 2.45) is 5.73 Å². The summed E-state index contributed by atoms with van der Waals surface area (Å²) in [5.74, 6) is 0.0189. The van der Waals surface area contributed by atoms with Gasteiger partial charge >= 0.3 is 0 Å². The van der Waals surface area contributed by atoms with E-state index in [2.05, 4.69) is 11.9 Å². The van der Waals surface area contributed by atoms with E-state index in [4.69, 9.17) is 10.5 Å². The zero-order valence-electron chi connectivity index (χ0n) is 11.7. The highest BCUT2D eigenvalue weighted by molar-refractivity contribution is 5.92. The average molecular weight is 264 g/mol. The SMILES string of the molecule is CCCCCCCCCOc1cc(C(N)=O)ccn1. The first-order valence-corrected chi connectivity index (χ1v) is 7.12. The number of ether oxygens (including phenoxy) is 1. The second-order valence-electron chi connectivity index (χ2n) is 4.72. The van der Waals surface area contributed by atoms with Gasteiger partial charge in [-0.2, -0.15) is 0 Å². The molecule has 0 aliphatic rings. The molecule has 1 heterocycles. The van der Waals surface area contributed by atoms with Crippen molar-refractivity contribution in [1.29, 1.82) is 0 Å². The maximum absolute atomic E-state index is 11.0. The van der Waals surface area contributed by atoms with Crippen LogP contribution in [-0.2, 0) is 0 Å². The van der Waals surface area contributed by atoms with Gasteiger partial charge in [0.1, 0.15) is 0 Å². The highest BCUT2D eigenvalue weighted by Gasteiger charge is 2.02. The summed E-state index contributed by atoms with van der Waals surface area (Å²) in [6.45, 7) is 2.87. The molecule has 0 bridgehead atoms. The molecule has 0 saturated heterocycles. The van der Waals surface area contributed by atoms with Crippen LogP contribution in [0.1, 0.15) is 62.2 Å². The molecule has 2 N–H and O–H groups in total. The van der Waals surface area contributed by atoms with Gasteiger partial charge in [0, 0.05) is 17.8 Å². The Balaban J connectivity index is 2.12. The number of nitrogens with two attached hydrogens (primary N) is 1. The summed E-state index contributed by atoms with van der Waals surface area (Å²) in [7, 11) is 0. The van der Waals surface area contributed by atoms with Crippen LogP contribution in [0.3, 0.4) is 0 Å². The number of carbonyl (C=O) groups excluding carboxylic acids is 1. The predicted octanol–water partition coefficient (Wildman–Crippen LogP) is 3.31. The van der Waals surface area contributed by atoms with Crippen LogP contribution in [0.4, 0.5) is 0 Å². The number of amides is 1. The van der Waals surface area contributed by atoms with Gasteiger partial charge in [-0.25, -0.2) is 4.98 Å². The largest absolute Gasteiger partial charge is 0.478 e. The Morgan fingerprint density at radius 1 is 1.21 bits per heavy atom. The molecule has 0 aromatic carbocycles. The zero-order chi connectivity index (χ0) is 13.9. The predicted molar refractivity (Wildman–Crippen MR) is 76.2 cm³/mol. The van der Waals surface area contributed by atoms with Crippen LogP contribution in [0.25, 0.3) is 0 Å². The zero-order valence-corrected chi connectivity index (χ0v) is 11.7. The summed E-state index contributed by atoms with van der Waals surface area (Å²) < 4.78 is 5.51. The van der Waals surface area contributed by atoms with E-state index < -0.39 is 5.91 Å². The number of carbonyl (C=O) groups is 1. The summed E-state index contributed by atoms with van der Waals surface area (Å²) in [6.07, 6.45) is 10.3. The van der Waals surface area contributed by atoms with E-state index in [-0.39, 0.29) is 0 Å². The highest BCUT2D eigenvalue weighted by atomic mass is 16.5. The molecular formula is C15H24N2O2. The Morgan fingerprint density at radius 2 is 1.89 bits per heavy atom. The topological polar surface area (TPSA) is 65.2 Å². The number of hydrogen-bond acceptors (Lipinski definition) is 3. The maximum atomic E-state index is 11.0. The molecular weight excluding hydrogens is 240 g/mol. The molecule has 0 saturated carbocycles. The van der Waals surface area contributed by atoms with E-state index >= 15 is 0 Å². The Kier molecular flexibility index (Phi) is 7.63. The Morgan fingerprint density at radius 3 is 2.58 bits per heavy atom. The van der Waals surface area contributed by atoms with E-state index in [1.165, 1.54) is 38.5 Å². The lowest BCUT2D eigenvalue weighted by molar-refractivity contribution is 0.0999. The van der Waals surface area contributed by atoms with Gasteiger partial charge in [0.25, 0.3) is 0 Å². The molecule has 0 radical (unpaired) electrons. The Bertz CT molecular complexity index is 380. The summed E-state index contributed by atoms with van der Waals surface area (Å²) >= 11 is 0. The molecule has 1 aromatic heterocycles. The second-order valence-corrected chi connectivity index (χ2v) is 4.72. The highest BCUT2D eigenvalue weighted by Crippen LogP contribution is 2.11. The molecule has 1 amide bonds. The van der Waals surface area contributed by atoms with Crippen LogP contribution >= 0.6 is 0 Å².